The van der Waals surface area contributed by atoms with Gasteiger partial charge in [0.15, 0.2) is 18.2 Å². The summed E-state index contributed by atoms with van der Waals surface area (Å²) < 4.78 is 6.95. The Morgan fingerprint density at radius 1 is 1.06 bits per heavy atom. The van der Waals surface area contributed by atoms with Crippen molar-refractivity contribution in [3.63, 3.8) is 0 Å². The van der Waals surface area contributed by atoms with Crippen molar-refractivity contribution in [2.24, 2.45) is 13.0 Å². The van der Waals surface area contributed by atoms with Gasteiger partial charge in [0, 0.05) is 55.8 Å². The summed E-state index contributed by atoms with van der Waals surface area (Å²) in [5, 5.41) is 26.7. The number of hydrogen-bond donors (Lipinski definition) is 6. The van der Waals surface area contributed by atoms with Crippen LogP contribution < -0.4 is 36.9 Å². The van der Waals surface area contributed by atoms with E-state index < -0.39 is 6.23 Å². The van der Waals surface area contributed by atoms with Crippen LogP contribution in [0, 0.1) is 5.92 Å². The van der Waals surface area contributed by atoms with E-state index in [2.05, 4.69) is 48.7 Å². The molecule has 0 radical (unpaired) electrons. The van der Waals surface area contributed by atoms with Crippen LogP contribution in [0.1, 0.15) is 50.0 Å². The lowest BCUT2D eigenvalue weighted by molar-refractivity contribution is -0.127. The number of likely N-dealkylation sites (N-methyl/N-ethyl adjacent to an activating group) is 1. The van der Waals surface area contributed by atoms with Crippen LogP contribution in [0.15, 0.2) is 59.5 Å². The van der Waals surface area contributed by atoms with Crippen LogP contribution in [-0.4, -0.2) is 63.9 Å². The zero-order chi connectivity index (χ0) is 34.5. The molecule has 14 heteroatoms. The molecular weight excluding hydrogens is 648 g/mol. The molecule has 2 aromatic carbocycles. The summed E-state index contributed by atoms with van der Waals surface area (Å²) in [6.45, 7) is 0.484. The van der Waals surface area contributed by atoms with Gasteiger partial charge in [-0.2, -0.15) is 4.98 Å². The summed E-state index contributed by atoms with van der Waals surface area (Å²) in [7, 11) is 3.16. The summed E-state index contributed by atoms with van der Waals surface area (Å²) >= 11 is 6.46. The van der Waals surface area contributed by atoms with E-state index in [1.165, 1.54) is 11.6 Å². The molecule has 3 heterocycles. The number of halogens is 1. The smallest absolute Gasteiger partial charge is 0.293 e. The van der Waals surface area contributed by atoms with Crippen LogP contribution in [0.3, 0.4) is 0 Å². The lowest BCUT2D eigenvalue weighted by Crippen LogP contribution is -2.43. The number of anilines is 4. The Labute approximate surface area is 288 Å². The number of nitrogens with zero attached hydrogens (tertiary/aromatic N) is 3. The number of aliphatic hydroxyl groups is 1. The predicted molar refractivity (Wildman–Crippen MR) is 190 cm³/mol. The Bertz CT molecular complexity index is 1880. The predicted octanol–water partition coefficient (Wildman–Crippen LogP) is 4.25. The molecule has 2 amide bonds. The number of carbonyl (C=O) groups excluding carboxylic acids is 2. The maximum Gasteiger partial charge on any atom is 0.293 e. The average Bonchev–Trinajstić information content (AvgIpc) is 3.10. The number of piperidine rings is 1. The van der Waals surface area contributed by atoms with Gasteiger partial charge in [-0.05, 0) is 80.0 Å². The standard InChI is InChI=1S/C35H41ClN8O5/c1-37-31(46)19-49-29-16-22-15-25(11-13-28(22)44(2)34(29)48)41-32-27(36)18-39-35(43-32)38-17-20-3-7-23(8-4-20)40-24-9-5-21(6-10-24)26-12-14-30(45)42-33(26)47/h5-6,9-11,13,15-16,18,20,23,26,33,40,47H,3-4,7-8,12,14,17,19H2,1-2H3,(H,37,46)(H,42,45)(H2,38,39,41,43). The first-order valence-electron chi connectivity index (χ1n) is 16.5. The Hall–Kier alpha value is -4.88. The monoisotopic (exact) mass is 688 g/mol. The molecule has 4 aromatic rings. The van der Waals surface area contributed by atoms with E-state index in [0.29, 0.717) is 52.8 Å². The number of aryl methyl sites for hydroxylation is 1. The largest absolute Gasteiger partial charge is 0.478 e. The molecule has 1 aliphatic heterocycles. The van der Waals surface area contributed by atoms with Crippen molar-refractivity contribution in [3.05, 3.63) is 75.7 Å². The lowest BCUT2D eigenvalue weighted by Gasteiger charge is -2.30. The summed E-state index contributed by atoms with van der Waals surface area (Å²) in [6, 6.07) is 15.7. The van der Waals surface area contributed by atoms with Crippen molar-refractivity contribution in [1.29, 1.82) is 0 Å². The summed E-state index contributed by atoms with van der Waals surface area (Å²) in [4.78, 5) is 44.9. The quantitative estimate of drug-likeness (QED) is 0.134. The minimum absolute atomic E-state index is 0.0793. The molecule has 2 aromatic heterocycles. The zero-order valence-electron chi connectivity index (χ0n) is 27.5. The number of nitrogens with one attached hydrogen (secondary N) is 5. The van der Waals surface area contributed by atoms with E-state index in [9.17, 15) is 19.5 Å². The molecule has 13 nitrogen and oxygen atoms in total. The molecule has 2 atom stereocenters. The van der Waals surface area contributed by atoms with Gasteiger partial charge in [-0.25, -0.2) is 4.98 Å². The highest BCUT2D eigenvalue weighted by atomic mass is 35.5. The molecule has 0 bridgehead atoms. The number of fused-ring (bicyclic) bond motifs is 1. The van der Waals surface area contributed by atoms with Gasteiger partial charge in [-0.15, -0.1) is 0 Å². The maximum absolute atomic E-state index is 12.7. The van der Waals surface area contributed by atoms with Crippen molar-refractivity contribution in [1.82, 2.24) is 25.2 Å². The highest BCUT2D eigenvalue weighted by Crippen LogP contribution is 2.31. The van der Waals surface area contributed by atoms with Crippen LogP contribution in [-0.2, 0) is 16.6 Å². The molecule has 6 N–H and O–H groups in total. The summed E-state index contributed by atoms with van der Waals surface area (Å²) in [5.74, 6) is 0.956. The molecule has 6 rings (SSSR count). The van der Waals surface area contributed by atoms with Crippen molar-refractivity contribution in [2.45, 2.75) is 56.7 Å². The molecule has 49 heavy (non-hydrogen) atoms. The third kappa shape index (κ3) is 8.23. The normalized spacial score (nSPS) is 20.7. The molecule has 1 aliphatic carbocycles. The van der Waals surface area contributed by atoms with Gasteiger partial charge in [-0.3, -0.25) is 14.4 Å². The molecule has 0 spiro atoms. The first-order chi connectivity index (χ1) is 23.7. The van der Waals surface area contributed by atoms with Crippen LogP contribution in [0.4, 0.5) is 23.1 Å². The van der Waals surface area contributed by atoms with Gasteiger partial charge in [-0.1, -0.05) is 23.7 Å². The molecule has 2 fully saturated rings. The second-order valence-electron chi connectivity index (χ2n) is 12.6. The number of aromatic nitrogens is 3. The van der Waals surface area contributed by atoms with Crippen LogP contribution in [0.5, 0.6) is 5.75 Å². The van der Waals surface area contributed by atoms with Crippen molar-refractivity contribution in [3.8, 4) is 5.75 Å². The molecule has 2 unspecified atom stereocenters. The van der Waals surface area contributed by atoms with Gasteiger partial charge in [0.25, 0.3) is 11.5 Å². The SMILES string of the molecule is CNC(=O)COc1cc2cc(Nc3nc(NCC4CCC(Nc5ccc(C6CCC(=O)NC6O)cc5)CC4)ncc3Cl)ccc2n(C)c1=O. The second-order valence-corrected chi connectivity index (χ2v) is 13.1. The zero-order valence-corrected chi connectivity index (χ0v) is 28.2. The number of amides is 2. The fourth-order valence-corrected chi connectivity index (χ4v) is 6.60. The van der Waals surface area contributed by atoms with Gasteiger partial charge >= 0.3 is 0 Å². The molecule has 258 valence electrons. The lowest BCUT2D eigenvalue weighted by atomic mass is 9.85. The van der Waals surface area contributed by atoms with E-state index in [-0.39, 0.29) is 35.6 Å². The highest BCUT2D eigenvalue weighted by molar-refractivity contribution is 6.32. The molecule has 2 aliphatic rings. The molecule has 1 saturated carbocycles. The number of benzene rings is 2. The number of aliphatic hydroxyl groups excluding tert-OH is 1. The minimum atomic E-state index is -0.841. The Morgan fingerprint density at radius 2 is 1.82 bits per heavy atom. The van der Waals surface area contributed by atoms with Crippen LogP contribution in [0.2, 0.25) is 5.02 Å². The molecule has 1 saturated heterocycles. The van der Waals surface area contributed by atoms with Crippen molar-refractivity contribution in [2.75, 3.05) is 36.1 Å². The van der Waals surface area contributed by atoms with E-state index >= 15 is 0 Å². The summed E-state index contributed by atoms with van der Waals surface area (Å²) in [6.07, 6.45) is 6.00. The molecular formula is C35H41ClN8O5. The Balaban J connectivity index is 1.01. The van der Waals surface area contributed by atoms with E-state index in [1.54, 1.807) is 19.3 Å². The fraction of sp³-hybridized carbons (Fsp3) is 0.400. The fourth-order valence-electron chi connectivity index (χ4n) is 6.47. The van der Waals surface area contributed by atoms with Crippen molar-refractivity contribution >= 4 is 57.5 Å². The second kappa shape index (κ2) is 15.1. The first-order valence-corrected chi connectivity index (χ1v) is 16.9. The summed E-state index contributed by atoms with van der Waals surface area (Å²) in [5.41, 5.74) is 3.16. The van der Waals surface area contributed by atoms with Gasteiger partial charge < -0.3 is 41.0 Å². The van der Waals surface area contributed by atoms with E-state index in [1.807, 2.05) is 30.3 Å². The number of rotatable bonds is 11. The number of ether oxygens (including phenoxy) is 1. The first kappa shape index (κ1) is 34.0. The maximum atomic E-state index is 12.7. The number of carbonyl (C=O) groups is 2. The van der Waals surface area contributed by atoms with E-state index in [4.69, 9.17) is 16.3 Å². The third-order valence-corrected chi connectivity index (χ3v) is 9.59. The Kier molecular flexibility index (Phi) is 10.5. The number of pyridine rings is 1. The van der Waals surface area contributed by atoms with Gasteiger partial charge in [0.05, 0.1) is 11.7 Å². The minimum Gasteiger partial charge on any atom is -0.478 e. The van der Waals surface area contributed by atoms with Crippen LogP contribution >= 0.6 is 11.6 Å². The Morgan fingerprint density at radius 3 is 2.55 bits per heavy atom. The topological polar surface area (TPSA) is 172 Å². The van der Waals surface area contributed by atoms with E-state index in [0.717, 1.165) is 48.9 Å². The van der Waals surface area contributed by atoms with Crippen molar-refractivity contribution < 1.29 is 19.4 Å². The van der Waals surface area contributed by atoms with Gasteiger partial charge in [0.2, 0.25) is 11.9 Å². The van der Waals surface area contributed by atoms with Gasteiger partial charge in [0.1, 0.15) is 11.3 Å². The number of hydrogen-bond acceptors (Lipinski definition) is 10. The van der Waals surface area contributed by atoms with Crippen LogP contribution in [0.25, 0.3) is 10.9 Å². The average molecular weight is 689 g/mol. The highest BCUT2D eigenvalue weighted by Gasteiger charge is 2.28. The third-order valence-electron chi connectivity index (χ3n) is 9.31.